The van der Waals surface area contributed by atoms with Crippen LogP contribution < -0.4 is 5.32 Å². The molecule has 2 aliphatic carbocycles. The number of nitrogens with one attached hydrogen (secondary N) is 1. The molecule has 0 atom stereocenters. The molecule has 2 aliphatic rings. The van der Waals surface area contributed by atoms with E-state index in [2.05, 4.69) is 48.3 Å². The average Bonchev–Trinajstić information content (AvgIpc) is 3.03. The van der Waals surface area contributed by atoms with Gasteiger partial charge in [-0.05, 0) is 68.7 Å². The predicted octanol–water partition coefficient (Wildman–Crippen LogP) is 6.10. The lowest BCUT2D eigenvalue weighted by molar-refractivity contribution is 0.330. The molecule has 0 bridgehead atoms. The lowest BCUT2D eigenvalue weighted by atomic mass is 9.84. The van der Waals surface area contributed by atoms with Gasteiger partial charge in [-0.3, -0.25) is 0 Å². The maximum Gasteiger partial charge on any atom is 0.0343 e. The average molecular weight is 304 g/mol. The van der Waals surface area contributed by atoms with Gasteiger partial charge in [-0.25, -0.2) is 0 Å². The van der Waals surface area contributed by atoms with Crippen LogP contribution in [0.15, 0.2) is 29.2 Å². The van der Waals surface area contributed by atoms with Gasteiger partial charge in [0.2, 0.25) is 0 Å². The summed E-state index contributed by atoms with van der Waals surface area (Å²) in [6.45, 7) is 2.33. The molecule has 2 fully saturated rings. The molecule has 0 heterocycles. The van der Waals surface area contributed by atoms with Crippen molar-refractivity contribution in [1.82, 2.24) is 0 Å². The third kappa shape index (κ3) is 4.42. The smallest absolute Gasteiger partial charge is 0.0343 e. The maximum atomic E-state index is 3.74. The second kappa shape index (κ2) is 7.58. The van der Waals surface area contributed by atoms with E-state index in [0.29, 0.717) is 6.04 Å². The summed E-state index contributed by atoms with van der Waals surface area (Å²) in [7, 11) is 0. The van der Waals surface area contributed by atoms with Crippen molar-refractivity contribution in [3.63, 3.8) is 0 Å². The van der Waals surface area contributed by atoms with Gasteiger partial charge in [-0.15, -0.1) is 11.8 Å². The Morgan fingerprint density at radius 1 is 0.952 bits per heavy atom. The first-order valence-corrected chi connectivity index (χ1v) is 9.74. The Bertz CT molecular complexity index is 414. The number of hydrogen-bond donors (Lipinski definition) is 1. The Hall–Kier alpha value is -0.630. The minimum atomic E-state index is 0.695. The highest BCUT2D eigenvalue weighted by atomic mass is 32.2. The summed E-state index contributed by atoms with van der Waals surface area (Å²) in [5.74, 6) is 0.980. The van der Waals surface area contributed by atoms with Crippen molar-refractivity contribution in [3.8, 4) is 0 Å². The van der Waals surface area contributed by atoms with Gasteiger partial charge >= 0.3 is 0 Å². The number of rotatable bonds is 5. The Kier molecular flexibility index (Phi) is 5.51. The van der Waals surface area contributed by atoms with Crippen LogP contribution in [0.25, 0.3) is 0 Å². The van der Waals surface area contributed by atoms with Crippen LogP contribution in [-0.2, 0) is 0 Å². The van der Waals surface area contributed by atoms with Crippen molar-refractivity contribution < 1.29 is 0 Å². The molecule has 1 aromatic rings. The van der Waals surface area contributed by atoms with E-state index >= 15 is 0 Å². The Morgan fingerprint density at radius 3 is 2.24 bits per heavy atom. The minimum Gasteiger partial charge on any atom is -0.382 e. The maximum absolute atomic E-state index is 3.74. The van der Waals surface area contributed by atoms with Gasteiger partial charge in [-0.1, -0.05) is 26.2 Å². The SMILES string of the molecule is CCC1CCC(Nc2ccc(SC3CCCC3)cc2)CC1. The molecule has 0 saturated heterocycles. The van der Waals surface area contributed by atoms with Crippen LogP contribution in [0.2, 0.25) is 0 Å². The fourth-order valence-electron chi connectivity index (χ4n) is 3.78. The number of anilines is 1. The number of thioether (sulfide) groups is 1. The highest BCUT2D eigenvalue weighted by Crippen LogP contribution is 2.35. The van der Waals surface area contributed by atoms with Gasteiger partial charge in [0, 0.05) is 21.9 Å². The Labute approximate surface area is 134 Å². The summed E-state index contributed by atoms with van der Waals surface area (Å²) >= 11 is 2.08. The predicted molar refractivity (Wildman–Crippen MR) is 94.2 cm³/mol. The van der Waals surface area contributed by atoms with E-state index in [4.69, 9.17) is 0 Å². The zero-order valence-electron chi connectivity index (χ0n) is 13.3. The third-order valence-corrected chi connectivity index (χ3v) is 6.60. The number of hydrogen-bond acceptors (Lipinski definition) is 2. The van der Waals surface area contributed by atoms with Crippen LogP contribution in [0.5, 0.6) is 0 Å². The molecule has 2 saturated carbocycles. The monoisotopic (exact) mass is 303 g/mol. The first kappa shape index (κ1) is 15.3. The van der Waals surface area contributed by atoms with E-state index in [0.717, 1.165) is 11.2 Å². The Morgan fingerprint density at radius 2 is 1.62 bits per heavy atom. The number of benzene rings is 1. The summed E-state index contributed by atoms with van der Waals surface area (Å²) in [5.41, 5.74) is 1.31. The molecule has 0 unspecified atom stereocenters. The van der Waals surface area contributed by atoms with Crippen LogP contribution in [0.1, 0.15) is 64.7 Å². The van der Waals surface area contributed by atoms with Crippen LogP contribution in [0.4, 0.5) is 5.69 Å². The van der Waals surface area contributed by atoms with E-state index in [-0.39, 0.29) is 0 Å². The molecule has 2 heteroatoms. The summed E-state index contributed by atoms with van der Waals surface area (Å²) in [6, 6.07) is 9.87. The van der Waals surface area contributed by atoms with Crippen LogP contribution >= 0.6 is 11.8 Å². The van der Waals surface area contributed by atoms with Gasteiger partial charge in [0.05, 0.1) is 0 Å². The highest BCUT2D eigenvalue weighted by molar-refractivity contribution is 8.00. The zero-order valence-corrected chi connectivity index (χ0v) is 14.1. The molecular weight excluding hydrogens is 274 g/mol. The second-order valence-electron chi connectivity index (χ2n) is 6.82. The molecule has 0 aromatic heterocycles. The van der Waals surface area contributed by atoms with Crippen LogP contribution in [0, 0.1) is 5.92 Å². The van der Waals surface area contributed by atoms with E-state index in [1.807, 2.05) is 0 Å². The summed E-state index contributed by atoms with van der Waals surface area (Å²) in [5, 5.41) is 4.61. The molecule has 3 rings (SSSR count). The van der Waals surface area contributed by atoms with Gasteiger partial charge in [0.15, 0.2) is 0 Å². The standard InChI is InChI=1S/C19H29NS/c1-2-15-7-9-16(10-8-15)20-17-11-13-19(14-12-17)21-18-5-3-4-6-18/h11-16,18,20H,2-10H2,1H3. The molecule has 1 aromatic carbocycles. The van der Waals surface area contributed by atoms with Crippen molar-refractivity contribution in [3.05, 3.63) is 24.3 Å². The molecular formula is C19H29NS. The molecule has 0 amide bonds. The van der Waals surface area contributed by atoms with Gasteiger partial charge < -0.3 is 5.32 Å². The third-order valence-electron chi connectivity index (χ3n) is 5.25. The molecule has 0 radical (unpaired) electrons. The topological polar surface area (TPSA) is 12.0 Å². The molecule has 21 heavy (non-hydrogen) atoms. The quantitative estimate of drug-likeness (QED) is 0.705. The highest BCUT2D eigenvalue weighted by Gasteiger charge is 2.20. The molecule has 1 N–H and O–H groups in total. The van der Waals surface area contributed by atoms with Crippen LogP contribution in [-0.4, -0.2) is 11.3 Å². The molecule has 0 spiro atoms. The van der Waals surface area contributed by atoms with Crippen molar-refractivity contribution in [2.45, 2.75) is 80.9 Å². The van der Waals surface area contributed by atoms with Crippen molar-refractivity contribution in [2.75, 3.05) is 5.32 Å². The summed E-state index contributed by atoms with van der Waals surface area (Å²) in [6.07, 6.45) is 12.5. The van der Waals surface area contributed by atoms with Gasteiger partial charge in [0.1, 0.15) is 0 Å². The van der Waals surface area contributed by atoms with E-state index in [9.17, 15) is 0 Å². The fourth-order valence-corrected chi connectivity index (χ4v) is 5.03. The van der Waals surface area contributed by atoms with Gasteiger partial charge in [0.25, 0.3) is 0 Å². The van der Waals surface area contributed by atoms with Crippen molar-refractivity contribution >= 4 is 17.4 Å². The molecule has 1 nitrogen and oxygen atoms in total. The van der Waals surface area contributed by atoms with Crippen molar-refractivity contribution in [1.29, 1.82) is 0 Å². The molecule has 0 aliphatic heterocycles. The first-order chi connectivity index (χ1) is 10.3. The van der Waals surface area contributed by atoms with Crippen molar-refractivity contribution in [2.24, 2.45) is 5.92 Å². The van der Waals surface area contributed by atoms with E-state index < -0.39 is 0 Å². The normalized spacial score (nSPS) is 26.9. The lowest BCUT2D eigenvalue weighted by Gasteiger charge is -2.29. The molecule has 116 valence electrons. The lowest BCUT2D eigenvalue weighted by Crippen LogP contribution is -2.25. The van der Waals surface area contributed by atoms with E-state index in [1.165, 1.54) is 68.4 Å². The first-order valence-electron chi connectivity index (χ1n) is 8.86. The second-order valence-corrected chi connectivity index (χ2v) is 8.19. The largest absolute Gasteiger partial charge is 0.382 e. The minimum absolute atomic E-state index is 0.695. The fraction of sp³-hybridized carbons (Fsp3) is 0.684. The summed E-state index contributed by atoms with van der Waals surface area (Å²) < 4.78 is 0. The van der Waals surface area contributed by atoms with Gasteiger partial charge in [-0.2, -0.15) is 0 Å². The zero-order chi connectivity index (χ0) is 14.5. The Balaban J connectivity index is 1.48. The van der Waals surface area contributed by atoms with E-state index in [1.54, 1.807) is 0 Å². The summed E-state index contributed by atoms with van der Waals surface area (Å²) in [4.78, 5) is 1.45. The van der Waals surface area contributed by atoms with Crippen LogP contribution in [0.3, 0.4) is 0 Å².